The van der Waals surface area contributed by atoms with Crippen LogP contribution in [0.5, 0.6) is 0 Å². The van der Waals surface area contributed by atoms with Crippen molar-refractivity contribution in [3.8, 4) is 0 Å². The van der Waals surface area contributed by atoms with Gasteiger partial charge in [0.2, 0.25) is 0 Å². The van der Waals surface area contributed by atoms with E-state index in [2.05, 4.69) is 4.90 Å². The Balaban J connectivity index is 2.05. The minimum atomic E-state index is -0.626. The molecule has 0 amide bonds. The number of piperidine rings is 1. The highest BCUT2D eigenvalue weighted by molar-refractivity contribution is 5.73. The highest BCUT2D eigenvalue weighted by atomic mass is 16.4. The second-order valence-electron chi connectivity index (χ2n) is 3.82. The van der Waals surface area contributed by atoms with Crippen LogP contribution in [0.15, 0.2) is 0 Å². The number of fused-ring (bicyclic) bond motifs is 1. The Kier molecular flexibility index (Phi) is 2.05. The molecule has 3 nitrogen and oxygen atoms in total. The number of aliphatic carboxylic acids is 1. The van der Waals surface area contributed by atoms with Gasteiger partial charge in [0, 0.05) is 6.04 Å². The number of carboxylic acids is 1. The van der Waals surface area contributed by atoms with E-state index >= 15 is 0 Å². The second kappa shape index (κ2) is 3.05. The van der Waals surface area contributed by atoms with Gasteiger partial charge in [-0.2, -0.15) is 0 Å². The summed E-state index contributed by atoms with van der Waals surface area (Å²) in [6.45, 7) is 1.00. The molecular formula is C9H15NO2. The zero-order valence-electron chi connectivity index (χ0n) is 7.20. The average Bonchev–Trinajstić information content (AvgIpc) is 2.47. The van der Waals surface area contributed by atoms with Crippen molar-refractivity contribution in [2.45, 2.75) is 44.2 Å². The van der Waals surface area contributed by atoms with E-state index in [1.54, 1.807) is 0 Å². The fourth-order valence-corrected chi connectivity index (χ4v) is 2.52. The summed E-state index contributed by atoms with van der Waals surface area (Å²) in [5.41, 5.74) is 0. The third-order valence-electron chi connectivity index (χ3n) is 3.13. The molecule has 2 heterocycles. The van der Waals surface area contributed by atoms with Gasteiger partial charge in [0.25, 0.3) is 0 Å². The van der Waals surface area contributed by atoms with E-state index in [4.69, 9.17) is 5.11 Å². The molecular weight excluding hydrogens is 154 g/mol. The Morgan fingerprint density at radius 3 is 2.83 bits per heavy atom. The highest BCUT2D eigenvalue weighted by Gasteiger charge is 2.38. The molecule has 2 fully saturated rings. The largest absolute Gasteiger partial charge is 0.480 e. The lowest BCUT2D eigenvalue weighted by Gasteiger charge is -2.31. The van der Waals surface area contributed by atoms with Gasteiger partial charge in [-0.25, -0.2) is 0 Å². The predicted molar refractivity (Wildman–Crippen MR) is 45.0 cm³/mol. The molecule has 12 heavy (non-hydrogen) atoms. The summed E-state index contributed by atoms with van der Waals surface area (Å²) in [7, 11) is 0. The molecule has 0 spiro atoms. The van der Waals surface area contributed by atoms with Gasteiger partial charge in [0.1, 0.15) is 6.04 Å². The molecule has 0 bridgehead atoms. The Bertz CT molecular complexity index is 193. The van der Waals surface area contributed by atoms with Crippen LogP contribution >= 0.6 is 0 Å². The Morgan fingerprint density at radius 2 is 2.08 bits per heavy atom. The van der Waals surface area contributed by atoms with Crippen molar-refractivity contribution >= 4 is 5.97 Å². The minimum absolute atomic E-state index is 0.171. The number of nitrogens with zero attached hydrogens (tertiary/aromatic N) is 1. The molecule has 0 radical (unpaired) electrons. The first kappa shape index (κ1) is 8.05. The zero-order valence-corrected chi connectivity index (χ0v) is 7.20. The van der Waals surface area contributed by atoms with E-state index in [0.29, 0.717) is 6.04 Å². The van der Waals surface area contributed by atoms with Crippen LogP contribution in [-0.2, 0) is 4.79 Å². The van der Waals surface area contributed by atoms with Crippen molar-refractivity contribution in [2.24, 2.45) is 0 Å². The summed E-state index contributed by atoms with van der Waals surface area (Å²) in [5, 5.41) is 8.91. The molecule has 0 unspecified atom stereocenters. The van der Waals surface area contributed by atoms with Gasteiger partial charge in [-0.05, 0) is 32.2 Å². The number of carboxylic acid groups (broad SMARTS) is 1. The lowest BCUT2D eigenvalue weighted by Crippen LogP contribution is -2.43. The standard InChI is InChI=1S/C9H15NO2/c11-9(12)8-5-4-7-3-1-2-6-10(7)8/h7-8H,1-6H2,(H,11,12)/t7-,8+/m0/s1. The van der Waals surface area contributed by atoms with Gasteiger partial charge < -0.3 is 5.11 Å². The lowest BCUT2D eigenvalue weighted by molar-refractivity contribution is -0.143. The molecule has 2 aliphatic heterocycles. The first-order valence-electron chi connectivity index (χ1n) is 4.77. The van der Waals surface area contributed by atoms with Gasteiger partial charge in [-0.1, -0.05) is 6.42 Å². The summed E-state index contributed by atoms with van der Waals surface area (Å²) < 4.78 is 0. The topological polar surface area (TPSA) is 40.5 Å². The van der Waals surface area contributed by atoms with Crippen molar-refractivity contribution in [3.05, 3.63) is 0 Å². The van der Waals surface area contributed by atoms with Gasteiger partial charge in [0.05, 0.1) is 0 Å². The molecule has 0 aromatic rings. The summed E-state index contributed by atoms with van der Waals surface area (Å²) in [6, 6.07) is 0.412. The highest BCUT2D eigenvalue weighted by Crippen LogP contribution is 2.31. The fraction of sp³-hybridized carbons (Fsp3) is 0.889. The van der Waals surface area contributed by atoms with Crippen LogP contribution in [0, 0.1) is 0 Å². The van der Waals surface area contributed by atoms with Crippen LogP contribution in [0.1, 0.15) is 32.1 Å². The molecule has 1 N–H and O–H groups in total. The van der Waals surface area contributed by atoms with Crippen molar-refractivity contribution in [2.75, 3.05) is 6.54 Å². The maximum absolute atomic E-state index is 10.8. The van der Waals surface area contributed by atoms with Crippen LogP contribution in [-0.4, -0.2) is 34.6 Å². The Hall–Kier alpha value is -0.570. The Labute approximate surface area is 72.4 Å². The van der Waals surface area contributed by atoms with Gasteiger partial charge in [-0.3, -0.25) is 9.69 Å². The van der Waals surface area contributed by atoms with E-state index in [0.717, 1.165) is 19.4 Å². The predicted octanol–water partition coefficient (Wildman–Crippen LogP) is 1.09. The smallest absolute Gasteiger partial charge is 0.320 e. The molecule has 0 aliphatic carbocycles. The molecule has 2 saturated heterocycles. The third kappa shape index (κ3) is 1.22. The van der Waals surface area contributed by atoms with Crippen LogP contribution < -0.4 is 0 Å². The van der Waals surface area contributed by atoms with Crippen molar-refractivity contribution < 1.29 is 9.90 Å². The quantitative estimate of drug-likeness (QED) is 0.638. The van der Waals surface area contributed by atoms with E-state index in [1.807, 2.05) is 0 Å². The van der Waals surface area contributed by atoms with E-state index in [1.165, 1.54) is 19.3 Å². The normalized spacial score (nSPS) is 36.3. The molecule has 0 aromatic carbocycles. The Morgan fingerprint density at radius 1 is 1.25 bits per heavy atom. The first-order chi connectivity index (χ1) is 5.79. The van der Waals surface area contributed by atoms with Gasteiger partial charge >= 0.3 is 5.97 Å². The number of hydrogen-bond donors (Lipinski definition) is 1. The van der Waals surface area contributed by atoms with E-state index in [-0.39, 0.29) is 6.04 Å². The van der Waals surface area contributed by atoms with Gasteiger partial charge in [0.15, 0.2) is 0 Å². The number of carbonyl (C=O) groups is 1. The molecule has 2 atom stereocenters. The summed E-state index contributed by atoms with van der Waals surface area (Å²) in [5.74, 6) is -0.626. The SMILES string of the molecule is O=C(O)[C@H]1CC[C@@H]2CCCCN21. The third-order valence-corrected chi connectivity index (χ3v) is 3.13. The summed E-state index contributed by atoms with van der Waals surface area (Å²) in [4.78, 5) is 13.0. The van der Waals surface area contributed by atoms with Crippen LogP contribution in [0.4, 0.5) is 0 Å². The number of rotatable bonds is 1. The molecule has 3 heteroatoms. The molecule has 2 aliphatic rings. The summed E-state index contributed by atoms with van der Waals surface area (Å²) >= 11 is 0. The minimum Gasteiger partial charge on any atom is -0.480 e. The average molecular weight is 169 g/mol. The molecule has 2 rings (SSSR count). The fourth-order valence-electron chi connectivity index (χ4n) is 2.52. The van der Waals surface area contributed by atoms with E-state index in [9.17, 15) is 4.79 Å². The summed E-state index contributed by atoms with van der Waals surface area (Å²) in [6.07, 6.45) is 5.63. The maximum Gasteiger partial charge on any atom is 0.320 e. The van der Waals surface area contributed by atoms with Crippen molar-refractivity contribution in [3.63, 3.8) is 0 Å². The zero-order chi connectivity index (χ0) is 8.55. The van der Waals surface area contributed by atoms with Crippen LogP contribution in [0.3, 0.4) is 0 Å². The maximum atomic E-state index is 10.8. The molecule has 0 saturated carbocycles. The van der Waals surface area contributed by atoms with Crippen LogP contribution in [0.2, 0.25) is 0 Å². The van der Waals surface area contributed by atoms with Crippen molar-refractivity contribution in [1.29, 1.82) is 0 Å². The lowest BCUT2D eigenvalue weighted by atomic mass is 10.0. The van der Waals surface area contributed by atoms with Gasteiger partial charge in [-0.15, -0.1) is 0 Å². The molecule has 68 valence electrons. The molecule has 0 aromatic heterocycles. The monoisotopic (exact) mass is 169 g/mol. The second-order valence-corrected chi connectivity index (χ2v) is 3.82. The first-order valence-corrected chi connectivity index (χ1v) is 4.77. The number of hydrogen-bond acceptors (Lipinski definition) is 2. The van der Waals surface area contributed by atoms with E-state index < -0.39 is 5.97 Å². The van der Waals surface area contributed by atoms with Crippen LogP contribution in [0.25, 0.3) is 0 Å². The van der Waals surface area contributed by atoms with Crippen molar-refractivity contribution in [1.82, 2.24) is 4.90 Å².